The number of nitrogens with zero attached hydrogens (tertiary/aromatic N) is 2. The van der Waals surface area contributed by atoms with Gasteiger partial charge in [0.25, 0.3) is 0 Å². The Hall–Kier alpha value is -0.570. The van der Waals surface area contributed by atoms with E-state index in [0.717, 1.165) is 44.9 Å². The predicted octanol–water partition coefficient (Wildman–Crippen LogP) is 1.98. The first-order valence-corrected chi connectivity index (χ1v) is 7.18. The first-order valence-electron chi connectivity index (χ1n) is 7.18. The molecule has 0 N–H and O–H groups in total. The molecule has 0 unspecified atom stereocenters. The summed E-state index contributed by atoms with van der Waals surface area (Å²) in [6.07, 6.45) is 6.07. The van der Waals surface area contributed by atoms with Crippen LogP contribution in [-0.2, 0) is 4.79 Å². The minimum atomic E-state index is 0.334. The van der Waals surface area contributed by atoms with Gasteiger partial charge in [0.1, 0.15) is 0 Å². The van der Waals surface area contributed by atoms with Crippen molar-refractivity contribution in [2.75, 3.05) is 33.2 Å². The molecule has 1 aliphatic heterocycles. The number of piperazine rings is 1. The second-order valence-corrected chi connectivity index (χ2v) is 5.75. The number of amides is 1. The summed E-state index contributed by atoms with van der Waals surface area (Å²) in [5, 5.41) is 0. The molecule has 3 nitrogen and oxygen atoms in total. The number of hydrogen-bond donors (Lipinski definition) is 0. The van der Waals surface area contributed by atoms with Gasteiger partial charge in [-0.3, -0.25) is 4.79 Å². The van der Waals surface area contributed by atoms with E-state index in [-0.39, 0.29) is 0 Å². The Morgan fingerprint density at radius 3 is 2.18 bits per heavy atom. The molecule has 1 heterocycles. The second kappa shape index (κ2) is 5.85. The molecule has 2 rings (SSSR count). The molecule has 1 aliphatic carbocycles. The van der Waals surface area contributed by atoms with Crippen molar-refractivity contribution in [3.8, 4) is 0 Å². The molecular weight excluding hydrogens is 212 g/mol. The Kier molecular flexibility index (Phi) is 4.43. The summed E-state index contributed by atoms with van der Waals surface area (Å²) in [6, 6.07) is 0. The zero-order valence-electron chi connectivity index (χ0n) is 11.3. The van der Waals surface area contributed by atoms with Gasteiger partial charge in [-0.2, -0.15) is 0 Å². The van der Waals surface area contributed by atoms with Gasteiger partial charge in [0, 0.05) is 32.1 Å². The van der Waals surface area contributed by atoms with Crippen LogP contribution in [0.5, 0.6) is 0 Å². The molecule has 0 bridgehead atoms. The highest BCUT2D eigenvalue weighted by Crippen LogP contribution is 2.31. The maximum absolute atomic E-state index is 12.4. The van der Waals surface area contributed by atoms with Crippen molar-refractivity contribution in [3.63, 3.8) is 0 Å². The van der Waals surface area contributed by atoms with Crippen molar-refractivity contribution in [2.24, 2.45) is 11.8 Å². The van der Waals surface area contributed by atoms with E-state index in [4.69, 9.17) is 0 Å². The van der Waals surface area contributed by atoms with Crippen LogP contribution in [0.2, 0.25) is 0 Å². The monoisotopic (exact) mass is 238 g/mol. The fourth-order valence-electron chi connectivity index (χ4n) is 3.10. The number of hydrogen-bond acceptors (Lipinski definition) is 2. The van der Waals surface area contributed by atoms with Crippen LogP contribution in [0.1, 0.15) is 39.0 Å². The lowest BCUT2D eigenvalue weighted by Crippen LogP contribution is -2.49. The topological polar surface area (TPSA) is 23.6 Å². The van der Waals surface area contributed by atoms with Crippen molar-refractivity contribution < 1.29 is 4.79 Å². The molecule has 17 heavy (non-hydrogen) atoms. The third kappa shape index (κ3) is 3.21. The minimum Gasteiger partial charge on any atom is -0.340 e. The maximum atomic E-state index is 12.4. The lowest BCUT2D eigenvalue weighted by molar-refractivity contribution is -0.138. The van der Waals surface area contributed by atoms with E-state index in [9.17, 15) is 4.79 Å². The largest absolute Gasteiger partial charge is 0.340 e. The number of carbonyl (C=O) groups excluding carboxylic acids is 1. The smallest absolute Gasteiger partial charge is 0.225 e. The van der Waals surface area contributed by atoms with Crippen LogP contribution in [0, 0.1) is 11.8 Å². The first-order chi connectivity index (χ1) is 8.20. The molecule has 0 atom stereocenters. The van der Waals surface area contributed by atoms with Gasteiger partial charge in [-0.05, 0) is 38.6 Å². The molecule has 0 spiro atoms. The Bertz CT molecular complexity index is 251. The van der Waals surface area contributed by atoms with Gasteiger partial charge < -0.3 is 9.80 Å². The van der Waals surface area contributed by atoms with Crippen molar-refractivity contribution >= 4 is 5.91 Å². The van der Waals surface area contributed by atoms with Crippen LogP contribution in [0.15, 0.2) is 0 Å². The van der Waals surface area contributed by atoms with Gasteiger partial charge in [0.15, 0.2) is 0 Å². The second-order valence-electron chi connectivity index (χ2n) is 5.75. The number of carbonyl (C=O) groups is 1. The molecule has 1 saturated carbocycles. The molecule has 0 aromatic carbocycles. The Morgan fingerprint density at radius 2 is 1.65 bits per heavy atom. The molecule has 1 saturated heterocycles. The zero-order chi connectivity index (χ0) is 12.3. The average Bonchev–Trinajstić information content (AvgIpc) is 2.39. The highest BCUT2D eigenvalue weighted by molar-refractivity contribution is 5.79. The van der Waals surface area contributed by atoms with Gasteiger partial charge in [-0.25, -0.2) is 0 Å². The van der Waals surface area contributed by atoms with E-state index in [1.54, 1.807) is 0 Å². The Balaban J connectivity index is 1.80. The van der Waals surface area contributed by atoms with E-state index < -0.39 is 0 Å². The zero-order valence-corrected chi connectivity index (χ0v) is 11.3. The Labute approximate surface area is 105 Å². The summed E-state index contributed by atoms with van der Waals surface area (Å²) in [5.41, 5.74) is 0. The van der Waals surface area contributed by atoms with Crippen molar-refractivity contribution in [3.05, 3.63) is 0 Å². The van der Waals surface area contributed by atoms with Crippen LogP contribution < -0.4 is 0 Å². The minimum absolute atomic E-state index is 0.334. The molecule has 0 aromatic rings. The van der Waals surface area contributed by atoms with Crippen LogP contribution in [0.25, 0.3) is 0 Å². The molecule has 0 radical (unpaired) electrons. The lowest BCUT2D eigenvalue weighted by Gasteiger charge is -2.36. The molecule has 1 amide bonds. The van der Waals surface area contributed by atoms with Gasteiger partial charge in [0.05, 0.1) is 0 Å². The Morgan fingerprint density at radius 1 is 1.06 bits per heavy atom. The fourth-order valence-corrected chi connectivity index (χ4v) is 3.10. The van der Waals surface area contributed by atoms with Gasteiger partial charge in [-0.15, -0.1) is 0 Å². The SMILES string of the molecule is CCC1CCC(C(=O)N2CCN(C)CC2)CC1. The van der Waals surface area contributed by atoms with Gasteiger partial charge in [0.2, 0.25) is 5.91 Å². The summed E-state index contributed by atoms with van der Waals surface area (Å²) in [4.78, 5) is 16.8. The van der Waals surface area contributed by atoms with Gasteiger partial charge >= 0.3 is 0 Å². The van der Waals surface area contributed by atoms with Crippen molar-refractivity contribution in [1.82, 2.24) is 9.80 Å². The van der Waals surface area contributed by atoms with Crippen LogP contribution >= 0.6 is 0 Å². The van der Waals surface area contributed by atoms with Crippen LogP contribution in [0.3, 0.4) is 0 Å². The molecular formula is C14H26N2O. The highest BCUT2D eigenvalue weighted by atomic mass is 16.2. The molecule has 98 valence electrons. The summed E-state index contributed by atoms with van der Waals surface area (Å²) in [5.74, 6) is 1.65. The average molecular weight is 238 g/mol. The maximum Gasteiger partial charge on any atom is 0.225 e. The molecule has 0 aromatic heterocycles. The lowest BCUT2D eigenvalue weighted by atomic mass is 9.80. The van der Waals surface area contributed by atoms with E-state index in [2.05, 4.69) is 23.8 Å². The van der Waals surface area contributed by atoms with E-state index in [1.165, 1.54) is 19.3 Å². The van der Waals surface area contributed by atoms with E-state index in [0.29, 0.717) is 11.8 Å². The van der Waals surface area contributed by atoms with Crippen molar-refractivity contribution in [2.45, 2.75) is 39.0 Å². The van der Waals surface area contributed by atoms with Crippen LogP contribution in [0.4, 0.5) is 0 Å². The van der Waals surface area contributed by atoms with E-state index >= 15 is 0 Å². The standard InChI is InChI=1S/C14H26N2O/c1-3-12-4-6-13(7-5-12)14(17)16-10-8-15(2)9-11-16/h12-13H,3-11H2,1-2H3. The van der Waals surface area contributed by atoms with Crippen molar-refractivity contribution in [1.29, 1.82) is 0 Å². The third-order valence-electron chi connectivity index (χ3n) is 4.59. The number of likely N-dealkylation sites (N-methyl/N-ethyl adjacent to an activating group) is 1. The molecule has 2 aliphatic rings. The fraction of sp³-hybridized carbons (Fsp3) is 0.929. The normalized spacial score (nSPS) is 31.5. The highest BCUT2D eigenvalue weighted by Gasteiger charge is 2.29. The predicted molar refractivity (Wildman–Crippen MR) is 69.8 cm³/mol. The summed E-state index contributed by atoms with van der Waals surface area (Å²) in [6.45, 7) is 6.21. The molecule has 2 fully saturated rings. The van der Waals surface area contributed by atoms with Crippen LogP contribution in [-0.4, -0.2) is 48.9 Å². The summed E-state index contributed by atoms with van der Waals surface area (Å²) >= 11 is 0. The number of rotatable bonds is 2. The summed E-state index contributed by atoms with van der Waals surface area (Å²) in [7, 11) is 2.13. The summed E-state index contributed by atoms with van der Waals surface area (Å²) < 4.78 is 0. The van der Waals surface area contributed by atoms with Gasteiger partial charge in [-0.1, -0.05) is 13.3 Å². The third-order valence-corrected chi connectivity index (χ3v) is 4.59. The first kappa shape index (κ1) is 12.9. The van der Waals surface area contributed by atoms with E-state index in [1.807, 2.05) is 0 Å². The molecule has 3 heteroatoms. The quantitative estimate of drug-likeness (QED) is 0.734.